The molecule has 1 aliphatic rings. The number of aromatic nitrogens is 1. The van der Waals surface area contributed by atoms with Crippen LogP contribution in [0.5, 0.6) is 11.5 Å². The first-order valence-corrected chi connectivity index (χ1v) is 10.5. The van der Waals surface area contributed by atoms with Gasteiger partial charge in [0.15, 0.2) is 6.61 Å². The van der Waals surface area contributed by atoms with Crippen LogP contribution >= 0.6 is 0 Å². The minimum absolute atomic E-state index is 0.146. The van der Waals surface area contributed by atoms with Gasteiger partial charge in [0.2, 0.25) is 0 Å². The smallest absolute Gasteiger partial charge is 0.338 e. The molecule has 1 fully saturated rings. The average molecular weight is 434 g/mol. The quantitative estimate of drug-likeness (QED) is 0.526. The van der Waals surface area contributed by atoms with Gasteiger partial charge in [0.25, 0.3) is 5.91 Å². The highest BCUT2D eigenvalue weighted by Crippen LogP contribution is 2.38. The van der Waals surface area contributed by atoms with Gasteiger partial charge in [0.1, 0.15) is 11.5 Å². The summed E-state index contributed by atoms with van der Waals surface area (Å²) in [5.41, 5.74) is 2.24. The van der Waals surface area contributed by atoms with Gasteiger partial charge in [-0.05, 0) is 67.4 Å². The number of methoxy groups -OCH3 is 2. The number of carbonyl (C=O) groups is 2. The summed E-state index contributed by atoms with van der Waals surface area (Å²) in [6.07, 6.45) is 5.53. The third-order valence-electron chi connectivity index (χ3n) is 5.70. The van der Waals surface area contributed by atoms with Gasteiger partial charge in [0.05, 0.1) is 25.8 Å². The van der Waals surface area contributed by atoms with Crippen molar-refractivity contribution in [1.82, 2.24) is 9.47 Å². The van der Waals surface area contributed by atoms with Crippen molar-refractivity contribution in [2.24, 2.45) is 0 Å². The Morgan fingerprint density at radius 3 is 2.44 bits per heavy atom. The number of hydrogen-bond donors (Lipinski definition) is 0. The van der Waals surface area contributed by atoms with Gasteiger partial charge >= 0.3 is 5.97 Å². The Morgan fingerprint density at radius 1 is 1.00 bits per heavy atom. The topological polar surface area (TPSA) is 70.0 Å². The Kier molecular flexibility index (Phi) is 6.44. The molecule has 32 heavy (non-hydrogen) atoms. The third kappa shape index (κ3) is 4.46. The predicted molar refractivity (Wildman–Crippen MR) is 119 cm³/mol. The van der Waals surface area contributed by atoms with E-state index >= 15 is 0 Å². The van der Waals surface area contributed by atoms with Crippen molar-refractivity contribution in [1.29, 1.82) is 0 Å². The van der Waals surface area contributed by atoms with Gasteiger partial charge in [-0.3, -0.25) is 4.79 Å². The molecule has 2 heterocycles. The molecule has 0 N–H and O–H groups in total. The molecule has 7 nitrogen and oxygen atoms in total. The van der Waals surface area contributed by atoms with Crippen molar-refractivity contribution in [3.63, 3.8) is 0 Å². The first-order chi connectivity index (χ1) is 15.6. The summed E-state index contributed by atoms with van der Waals surface area (Å²) in [7, 11) is 3.21. The van der Waals surface area contributed by atoms with Crippen LogP contribution in [0.25, 0.3) is 5.69 Å². The molecule has 3 aromatic rings. The van der Waals surface area contributed by atoms with Crippen LogP contribution in [0.2, 0.25) is 0 Å². The zero-order valence-electron chi connectivity index (χ0n) is 18.2. The van der Waals surface area contributed by atoms with Crippen LogP contribution in [0.1, 0.15) is 34.8 Å². The van der Waals surface area contributed by atoms with E-state index in [2.05, 4.69) is 0 Å². The summed E-state index contributed by atoms with van der Waals surface area (Å²) < 4.78 is 18.1. The summed E-state index contributed by atoms with van der Waals surface area (Å²) in [6, 6.07) is 16.3. The minimum Gasteiger partial charge on any atom is -0.497 e. The van der Waals surface area contributed by atoms with Crippen molar-refractivity contribution < 1.29 is 23.8 Å². The van der Waals surface area contributed by atoms with Crippen molar-refractivity contribution in [3.8, 4) is 17.2 Å². The highest BCUT2D eigenvalue weighted by Gasteiger charge is 2.32. The standard InChI is InChI=1S/C25H26N2O5/c1-30-20-11-12-23(31-2)21(16-20)22-6-5-15-27(22)24(28)17-32-25(29)18-7-9-19(10-8-18)26-13-3-4-14-26/h3-4,7-14,16,22H,5-6,15,17H2,1-2H3. The lowest BCUT2D eigenvalue weighted by atomic mass is 10.0. The van der Waals surface area contributed by atoms with Crippen LogP contribution in [0.3, 0.4) is 0 Å². The number of ether oxygens (including phenoxy) is 3. The predicted octanol–water partition coefficient (Wildman–Crippen LogP) is 4.02. The van der Waals surface area contributed by atoms with E-state index in [4.69, 9.17) is 14.2 Å². The van der Waals surface area contributed by atoms with Crippen LogP contribution in [-0.4, -0.2) is 48.7 Å². The van der Waals surface area contributed by atoms with Gasteiger partial charge in [-0.1, -0.05) is 0 Å². The molecule has 1 aromatic heterocycles. The molecule has 166 valence electrons. The van der Waals surface area contributed by atoms with E-state index in [1.807, 2.05) is 59.4 Å². The number of esters is 1. The molecule has 1 saturated heterocycles. The van der Waals surface area contributed by atoms with Gasteiger partial charge in [0, 0.05) is 30.2 Å². The Hall–Kier alpha value is -3.74. The fraction of sp³-hybridized carbons (Fsp3) is 0.280. The molecule has 1 atom stereocenters. The Bertz CT molecular complexity index is 1080. The first kappa shape index (κ1) is 21.5. The van der Waals surface area contributed by atoms with Gasteiger partial charge in [-0.15, -0.1) is 0 Å². The summed E-state index contributed by atoms with van der Waals surface area (Å²) in [5, 5.41) is 0. The van der Waals surface area contributed by atoms with E-state index in [1.165, 1.54) is 0 Å². The molecule has 4 rings (SSSR count). The molecule has 0 radical (unpaired) electrons. The lowest BCUT2D eigenvalue weighted by Crippen LogP contribution is -2.34. The molecular weight excluding hydrogens is 408 g/mol. The second kappa shape index (κ2) is 9.60. The molecule has 1 aliphatic heterocycles. The minimum atomic E-state index is -0.521. The normalized spacial score (nSPS) is 15.4. The Morgan fingerprint density at radius 2 is 1.75 bits per heavy atom. The molecule has 0 spiro atoms. The van der Waals surface area contributed by atoms with E-state index in [1.54, 1.807) is 31.3 Å². The number of likely N-dealkylation sites (tertiary alicyclic amines) is 1. The van der Waals surface area contributed by atoms with Crippen LogP contribution in [0, 0.1) is 0 Å². The van der Waals surface area contributed by atoms with Crippen molar-refractivity contribution >= 4 is 11.9 Å². The van der Waals surface area contributed by atoms with Gasteiger partial charge in [-0.2, -0.15) is 0 Å². The van der Waals surface area contributed by atoms with Crippen LogP contribution in [-0.2, 0) is 9.53 Å². The Balaban J connectivity index is 1.41. The maximum absolute atomic E-state index is 12.9. The number of amides is 1. The third-order valence-corrected chi connectivity index (χ3v) is 5.70. The summed E-state index contributed by atoms with van der Waals surface area (Å²) in [4.78, 5) is 27.1. The maximum atomic E-state index is 12.9. The molecule has 2 aromatic carbocycles. The van der Waals surface area contributed by atoms with Gasteiger partial charge < -0.3 is 23.7 Å². The Labute approximate surface area is 187 Å². The number of rotatable bonds is 7. The number of nitrogens with zero attached hydrogens (tertiary/aromatic N) is 2. The zero-order chi connectivity index (χ0) is 22.5. The van der Waals surface area contributed by atoms with E-state index in [0.29, 0.717) is 23.6 Å². The second-order valence-electron chi connectivity index (χ2n) is 7.57. The lowest BCUT2D eigenvalue weighted by molar-refractivity contribution is -0.135. The van der Waals surface area contributed by atoms with Gasteiger partial charge in [-0.25, -0.2) is 4.79 Å². The van der Waals surface area contributed by atoms with E-state index in [9.17, 15) is 9.59 Å². The largest absolute Gasteiger partial charge is 0.497 e. The monoisotopic (exact) mass is 434 g/mol. The molecule has 1 amide bonds. The number of hydrogen-bond acceptors (Lipinski definition) is 5. The fourth-order valence-electron chi connectivity index (χ4n) is 4.06. The highest BCUT2D eigenvalue weighted by molar-refractivity contribution is 5.91. The SMILES string of the molecule is COc1ccc(OC)c(C2CCCN2C(=O)COC(=O)c2ccc(-n3cccc3)cc2)c1. The first-order valence-electron chi connectivity index (χ1n) is 10.5. The molecule has 0 saturated carbocycles. The molecule has 7 heteroatoms. The molecule has 0 bridgehead atoms. The van der Waals surface area contributed by atoms with Crippen molar-refractivity contribution in [2.45, 2.75) is 18.9 Å². The maximum Gasteiger partial charge on any atom is 0.338 e. The van der Waals surface area contributed by atoms with Crippen LogP contribution in [0.4, 0.5) is 0 Å². The second-order valence-corrected chi connectivity index (χ2v) is 7.57. The highest BCUT2D eigenvalue weighted by atomic mass is 16.5. The summed E-state index contributed by atoms with van der Waals surface area (Å²) in [5.74, 6) is 0.659. The van der Waals surface area contributed by atoms with E-state index in [0.717, 1.165) is 24.1 Å². The molecule has 1 unspecified atom stereocenters. The fourth-order valence-corrected chi connectivity index (χ4v) is 4.06. The van der Waals surface area contributed by atoms with E-state index < -0.39 is 5.97 Å². The van der Waals surface area contributed by atoms with E-state index in [-0.39, 0.29) is 18.6 Å². The average Bonchev–Trinajstić information content (AvgIpc) is 3.54. The summed E-state index contributed by atoms with van der Waals surface area (Å²) in [6.45, 7) is 0.300. The molecular formula is C25H26N2O5. The summed E-state index contributed by atoms with van der Waals surface area (Å²) >= 11 is 0. The zero-order valence-corrected chi connectivity index (χ0v) is 18.2. The van der Waals surface area contributed by atoms with Crippen molar-refractivity contribution in [3.05, 3.63) is 78.1 Å². The molecule has 0 aliphatic carbocycles. The number of benzene rings is 2. The lowest BCUT2D eigenvalue weighted by Gasteiger charge is -2.26. The van der Waals surface area contributed by atoms with Crippen molar-refractivity contribution in [2.75, 3.05) is 27.4 Å². The van der Waals surface area contributed by atoms with Crippen LogP contribution in [0.15, 0.2) is 67.0 Å². The van der Waals surface area contributed by atoms with Crippen LogP contribution < -0.4 is 9.47 Å². The number of carbonyl (C=O) groups excluding carboxylic acids is 2.